The summed E-state index contributed by atoms with van der Waals surface area (Å²) < 4.78 is 5.78. The molecule has 20 heavy (non-hydrogen) atoms. The number of benzene rings is 1. The third-order valence-corrected chi connectivity index (χ3v) is 3.31. The zero-order chi connectivity index (χ0) is 15.0. The molecule has 0 fully saturated rings. The number of rotatable bonds is 9. The van der Waals surface area contributed by atoms with E-state index in [4.69, 9.17) is 4.74 Å². The first-order valence-corrected chi connectivity index (χ1v) is 7.90. The van der Waals surface area contributed by atoms with Gasteiger partial charge in [0, 0.05) is 12.6 Å². The minimum atomic E-state index is 0.608. The highest BCUT2D eigenvalue weighted by atomic mass is 16.5. The van der Waals surface area contributed by atoms with E-state index in [2.05, 4.69) is 52.1 Å². The van der Waals surface area contributed by atoms with Crippen molar-refractivity contribution in [3.63, 3.8) is 0 Å². The first kappa shape index (κ1) is 17.0. The molecule has 0 unspecified atom stereocenters. The zero-order valence-electron chi connectivity index (χ0n) is 13.8. The maximum atomic E-state index is 5.78. The van der Waals surface area contributed by atoms with Crippen LogP contribution in [0.1, 0.15) is 46.1 Å². The second kappa shape index (κ2) is 9.02. The smallest absolute Gasteiger partial charge is 0.119 e. The van der Waals surface area contributed by atoms with Gasteiger partial charge in [-0.1, -0.05) is 39.8 Å². The van der Waals surface area contributed by atoms with Crippen molar-refractivity contribution in [2.75, 3.05) is 13.2 Å². The van der Waals surface area contributed by atoms with Crippen molar-refractivity contribution >= 4 is 0 Å². The second-order valence-corrected chi connectivity index (χ2v) is 6.58. The van der Waals surface area contributed by atoms with E-state index >= 15 is 0 Å². The second-order valence-electron chi connectivity index (χ2n) is 6.58. The van der Waals surface area contributed by atoms with Crippen molar-refractivity contribution < 1.29 is 4.74 Å². The Morgan fingerprint density at radius 3 is 2.25 bits per heavy atom. The standard InChI is InChI=1S/C18H31NO/c1-14(2)11-17(12-15(3)4)19-9-10-20-18-8-6-7-16(5)13-18/h6-8,13-15,17,19H,9-12H2,1-5H3. The summed E-state index contributed by atoms with van der Waals surface area (Å²) in [4.78, 5) is 0. The fraction of sp³-hybridized carbons (Fsp3) is 0.667. The lowest BCUT2D eigenvalue weighted by atomic mass is 9.96. The summed E-state index contributed by atoms with van der Waals surface area (Å²) in [6.45, 7) is 12.9. The van der Waals surface area contributed by atoms with E-state index in [-0.39, 0.29) is 0 Å². The van der Waals surface area contributed by atoms with Gasteiger partial charge in [0.15, 0.2) is 0 Å². The highest BCUT2D eigenvalue weighted by Gasteiger charge is 2.11. The largest absolute Gasteiger partial charge is 0.492 e. The van der Waals surface area contributed by atoms with Gasteiger partial charge < -0.3 is 10.1 Å². The number of nitrogens with one attached hydrogen (secondary N) is 1. The van der Waals surface area contributed by atoms with Gasteiger partial charge in [0.25, 0.3) is 0 Å². The Labute approximate surface area is 124 Å². The highest BCUT2D eigenvalue weighted by molar-refractivity contribution is 5.27. The zero-order valence-corrected chi connectivity index (χ0v) is 13.8. The van der Waals surface area contributed by atoms with Gasteiger partial charge in [-0.3, -0.25) is 0 Å². The Balaban J connectivity index is 2.29. The normalized spacial score (nSPS) is 11.6. The van der Waals surface area contributed by atoms with E-state index in [1.165, 1.54) is 18.4 Å². The first-order valence-electron chi connectivity index (χ1n) is 7.90. The van der Waals surface area contributed by atoms with Crippen LogP contribution in [0.15, 0.2) is 24.3 Å². The monoisotopic (exact) mass is 277 g/mol. The minimum absolute atomic E-state index is 0.608. The molecule has 2 nitrogen and oxygen atoms in total. The molecule has 0 amide bonds. The third kappa shape index (κ3) is 7.54. The summed E-state index contributed by atoms with van der Waals surface area (Å²) >= 11 is 0. The highest BCUT2D eigenvalue weighted by Crippen LogP contribution is 2.14. The predicted molar refractivity (Wildman–Crippen MR) is 87.4 cm³/mol. The molecule has 0 heterocycles. The van der Waals surface area contributed by atoms with Gasteiger partial charge in [-0.15, -0.1) is 0 Å². The molecule has 0 saturated carbocycles. The van der Waals surface area contributed by atoms with E-state index in [0.717, 1.165) is 30.7 Å². The number of hydrogen-bond donors (Lipinski definition) is 1. The molecule has 1 aromatic carbocycles. The molecular formula is C18H31NO. The molecular weight excluding hydrogens is 246 g/mol. The molecule has 0 aliphatic heterocycles. The summed E-state index contributed by atoms with van der Waals surface area (Å²) in [5.74, 6) is 2.45. The van der Waals surface area contributed by atoms with Gasteiger partial charge in [0.05, 0.1) is 0 Å². The van der Waals surface area contributed by atoms with E-state index in [9.17, 15) is 0 Å². The summed E-state index contributed by atoms with van der Waals surface area (Å²) in [6.07, 6.45) is 2.48. The van der Waals surface area contributed by atoms with Crippen molar-refractivity contribution in [2.45, 2.75) is 53.5 Å². The fourth-order valence-corrected chi connectivity index (χ4v) is 2.54. The topological polar surface area (TPSA) is 21.3 Å². The lowest BCUT2D eigenvalue weighted by Gasteiger charge is -2.22. The molecule has 1 rings (SSSR count). The first-order chi connectivity index (χ1) is 9.47. The average molecular weight is 277 g/mol. The molecule has 114 valence electrons. The van der Waals surface area contributed by atoms with Crippen LogP contribution >= 0.6 is 0 Å². The third-order valence-electron chi connectivity index (χ3n) is 3.31. The molecule has 0 aliphatic rings. The minimum Gasteiger partial charge on any atom is -0.492 e. The van der Waals surface area contributed by atoms with E-state index in [1.807, 2.05) is 12.1 Å². The van der Waals surface area contributed by atoms with Crippen molar-refractivity contribution in [3.8, 4) is 5.75 Å². The van der Waals surface area contributed by atoms with Crippen LogP contribution < -0.4 is 10.1 Å². The van der Waals surface area contributed by atoms with Crippen LogP contribution in [0.3, 0.4) is 0 Å². The van der Waals surface area contributed by atoms with Crippen LogP contribution in [-0.4, -0.2) is 19.2 Å². The van der Waals surface area contributed by atoms with E-state index in [0.29, 0.717) is 6.04 Å². The SMILES string of the molecule is Cc1cccc(OCCNC(CC(C)C)CC(C)C)c1. The van der Waals surface area contributed by atoms with Gasteiger partial charge in [-0.2, -0.15) is 0 Å². The maximum absolute atomic E-state index is 5.78. The Kier molecular flexibility index (Phi) is 7.68. The average Bonchev–Trinajstić information content (AvgIpc) is 2.33. The summed E-state index contributed by atoms with van der Waals surface area (Å²) in [5, 5.41) is 3.64. The van der Waals surface area contributed by atoms with Crippen LogP contribution in [0.5, 0.6) is 5.75 Å². The van der Waals surface area contributed by atoms with Crippen LogP contribution in [0, 0.1) is 18.8 Å². The predicted octanol–water partition coefficient (Wildman–Crippen LogP) is 4.42. The molecule has 2 heteroatoms. The summed E-state index contributed by atoms with van der Waals surface area (Å²) in [6, 6.07) is 8.84. The number of ether oxygens (including phenoxy) is 1. The molecule has 0 radical (unpaired) electrons. The molecule has 1 aromatic rings. The van der Waals surface area contributed by atoms with Crippen molar-refractivity contribution in [1.29, 1.82) is 0 Å². The summed E-state index contributed by atoms with van der Waals surface area (Å²) in [5.41, 5.74) is 1.24. The van der Waals surface area contributed by atoms with Gasteiger partial charge in [0.2, 0.25) is 0 Å². The molecule has 0 atom stereocenters. The lowest BCUT2D eigenvalue weighted by Crippen LogP contribution is -2.34. The Hall–Kier alpha value is -1.02. The molecule has 0 aromatic heterocycles. The lowest BCUT2D eigenvalue weighted by molar-refractivity contribution is 0.286. The summed E-state index contributed by atoms with van der Waals surface area (Å²) in [7, 11) is 0. The molecule has 0 saturated heterocycles. The molecule has 0 spiro atoms. The molecule has 0 bridgehead atoms. The van der Waals surface area contributed by atoms with Crippen molar-refractivity contribution in [3.05, 3.63) is 29.8 Å². The number of aryl methyl sites for hydroxylation is 1. The van der Waals surface area contributed by atoms with Gasteiger partial charge in [0.1, 0.15) is 12.4 Å². The van der Waals surface area contributed by atoms with Crippen molar-refractivity contribution in [2.24, 2.45) is 11.8 Å². The quantitative estimate of drug-likeness (QED) is 0.674. The molecule has 0 aliphatic carbocycles. The number of hydrogen-bond acceptors (Lipinski definition) is 2. The van der Waals surface area contributed by atoms with Crippen LogP contribution in [0.25, 0.3) is 0 Å². The maximum Gasteiger partial charge on any atom is 0.119 e. The molecule has 1 N–H and O–H groups in total. The Morgan fingerprint density at radius 1 is 1.05 bits per heavy atom. The van der Waals surface area contributed by atoms with Crippen molar-refractivity contribution in [1.82, 2.24) is 5.32 Å². The fourth-order valence-electron chi connectivity index (χ4n) is 2.54. The van der Waals surface area contributed by atoms with Crippen LogP contribution in [-0.2, 0) is 0 Å². The van der Waals surface area contributed by atoms with E-state index < -0.39 is 0 Å². The Morgan fingerprint density at radius 2 is 1.70 bits per heavy atom. The van der Waals surface area contributed by atoms with Gasteiger partial charge in [-0.05, 0) is 49.3 Å². The van der Waals surface area contributed by atoms with E-state index in [1.54, 1.807) is 0 Å². The Bertz CT molecular complexity index is 363. The van der Waals surface area contributed by atoms with Gasteiger partial charge >= 0.3 is 0 Å². The van der Waals surface area contributed by atoms with Crippen LogP contribution in [0.4, 0.5) is 0 Å². The van der Waals surface area contributed by atoms with Crippen LogP contribution in [0.2, 0.25) is 0 Å². The van der Waals surface area contributed by atoms with Gasteiger partial charge in [-0.25, -0.2) is 0 Å².